The van der Waals surface area contributed by atoms with Crippen LogP contribution >= 0.6 is 0 Å². The van der Waals surface area contributed by atoms with Crippen LogP contribution in [0.2, 0.25) is 0 Å². The molecule has 1 unspecified atom stereocenters. The lowest BCUT2D eigenvalue weighted by Gasteiger charge is -2.32. The topological polar surface area (TPSA) is 38.5 Å². The van der Waals surface area contributed by atoms with E-state index in [1.807, 2.05) is 13.1 Å². The number of nitrogens with two attached hydrogens (primary N) is 1. The van der Waals surface area contributed by atoms with Gasteiger partial charge in [-0.15, -0.1) is 0 Å². The van der Waals surface area contributed by atoms with Crippen molar-refractivity contribution < 1.29 is 13.5 Å². The fraction of sp³-hybridized carbons (Fsp3) is 0.625. The van der Waals surface area contributed by atoms with E-state index in [2.05, 4.69) is 4.90 Å². The van der Waals surface area contributed by atoms with Crippen molar-refractivity contribution in [2.45, 2.75) is 25.3 Å². The van der Waals surface area contributed by atoms with E-state index in [4.69, 9.17) is 10.5 Å². The summed E-state index contributed by atoms with van der Waals surface area (Å²) in [6, 6.07) is 6.57. The minimum absolute atomic E-state index is 0.0217. The van der Waals surface area contributed by atoms with Crippen LogP contribution in [0.25, 0.3) is 0 Å². The van der Waals surface area contributed by atoms with Gasteiger partial charge in [0.15, 0.2) is 0 Å². The molecule has 0 amide bonds. The zero-order valence-electron chi connectivity index (χ0n) is 12.5. The Morgan fingerprint density at radius 2 is 1.95 bits per heavy atom. The molecule has 0 saturated carbocycles. The Morgan fingerprint density at radius 3 is 2.57 bits per heavy atom. The van der Waals surface area contributed by atoms with Crippen molar-refractivity contribution in [1.82, 2.24) is 4.90 Å². The third-order valence-electron chi connectivity index (χ3n) is 4.19. The molecule has 1 aliphatic rings. The molecule has 1 heterocycles. The number of alkyl halides is 2. The molecule has 5 heteroatoms. The molecule has 1 fully saturated rings. The van der Waals surface area contributed by atoms with Gasteiger partial charge in [-0.05, 0) is 37.4 Å². The summed E-state index contributed by atoms with van der Waals surface area (Å²) in [5, 5.41) is 0. The van der Waals surface area contributed by atoms with Gasteiger partial charge in [0.2, 0.25) is 0 Å². The molecule has 1 aliphatic heterocycles. The molecule has 0 aromatic heterocycles. The van der Waals surface area contributed by atoms with E-state index in [1.54, 1.807) is 12.1 Å². The highest BCUT2D eigenvalue weighted by Crippen LogP contribution is 2.26. The van der Waals surface area contributed by atoms with E-state index >= 15 is 0 Å². The highest BCUT2D eigenvalue weighted by Gasteiger charge is 2.22. The van der Waals surface area contributed by atoms with Gasteiger partial charge in [-0.3, -0.25) is 4.90 Å². The molecule has 1 aromatic carbocycles. The standard InChI is InChI=1S/C16H24F2N2O/c1-20(11-12-5-7-21-8-6-12)15(10-19)13-3-2-4-14(9-13)16(17)18/h2-4,9,12,15-16H,5-8,10-11,19H2,1H3. The van der Waals surface area contributed by atoms with Crippen molar-refractivity contribution in [2.75, 3.05) is 33.4 Å². The molecule has 21 heavy (non-hydrogen) atoms. The monoisotopic (exact) mass is 298 g/mol. The zero-order valence-corrected chi connectivity index (χ0v) is 12.5. The first kappa shape index (κ1) is 16.3. The third-order valence-corrected chi connectivity index (χ3v) is 4.19. The number of rotatable bonds is 6. The molecule has 3 nitrogen and oxygen atoms in total. The van der Waals surface area contributed by atoms with Gasteiger partial charge in [-0.25, -0.2) is 8.78 Å². The van der Waals surface area contributed by atoms with Crippen LogP contribution in [0.3, 0.4) is 0 Å². The van der Waals surface area contributed by atoms with Gasteiger partial charge in [0.05, 0.1) is 0 Å². The molecule has 0 spiro atoms. The number of ether oxygens (including phenoxy) is 1. The predicted octanol–water partition coefficient (Wildman–Crippen LogP) is 2.98. The highest BCUT2D eigenvalue weighted by atomic mass is 19.3. The zero-order chi connectivity index (χ0) is 15.2. The summed E-state index contributed by atoms with van der Waals surface area (Å²) < 4.78 is 31.0. The van der Waals surface area contributed by atoms with Crippen LogP contribution < -0.4 is 5.73 Å². The Balaban J connectivity index is 2.05. The first-order chi connectivity index (χ1) is 10.1. The van der Waals surface area contributed by atoms with Crippen LogP contribution in [0, 0.1) is 5.92 Å². The maximum atomic E-state index is 12.8. The minimum atomic E-state index is -2.44. The summed E-state index contributed by atoms with van der Waals surface area (Å²) in [5.74, 6) is 0.594. The summed E-state index contributed by atoms with van der Waals surface area (Å²) >= 11 is 0. The largest absolute Gasteiger partial charge is 0.381 e. The van der Waals surface area contributed by atoms with E-state index in [1.165, 1.54) is 6.07 Å². The lowest BCUT2D eigenvalue weighted by atomic mass is 9.97. The minimum Gasteiger partial charge on any atom is -0.381 e. The van der Waals surface area contributed by atoms with Gasteiger partial charge in [0.25, 0.3) is 6.43 Å². The van der Waals surface area contributed by atoms with Gasteiger partial charge < -0.3 is 10.5 Å². The maximum Gasteiger partial charge on any atom is 0.263 e. The lowest BCUT2D eigenvalue weighted by molar-refractivity contribution is 0.0507. The lowest BCUT2D eigenvalue weighted by Crippen LogP contribution is -2.36. The highest BCUT2D eigenvalue weighted by molar-refractivity contribution is 5.27. The first-order valence-electron chi connectivity index (χ1n) is 7.48. The van der Waals surface area contributed by atoms with Crippen molar-refractivity contribution in [3.05, 3.63) is 35.4 Å². The van der Waals surface area contributed by atoms with Gasteiger partial charge in [-0.1, -0.05) is 18.2 Å². The summed E-state index contributed by atoms with van der Waals surface area (Å²) in [6.45, 7) is 2.97. The van der Waals surface area contributed by atoms with Crippen molar-refractivity contribution in [3.8, 4) is 0 Å². The first-order valence-corrected chi connectivity index (χ1v) is 7.48. The number of hydrogen-bond acceptors (Lipinski definition) is 3. The van der Waals surface area contributed by atoms with Gasteiger partial charge in [0.1, 0.15) is 0 Å². The SMILES string of the molecule is CN(CC1CCOCC1)C(CN)c1cccc(C(F)F)c1. The Bertz CT molecular complexity index is 436. The molecule has 2 N–H and O–H groups in total. The summed E-state index contributed by atoms with van der Waals surface area (Å²) in [4.78, 5) is 2.18. The second-order valence-corrected chi connectivity index (χ2v) is 5.72. The van der Waals surface area contributed by atoms with E-state index in [9.17, 15) is 8.78 Å². The van der Waals surface area contributed by atoms with Crippen LogP contribution in [-0.4, -0.2) is 38.3 Å². The van der Waals surface area contributed by atoms with Gasteiger partial charge in [0, 0.05) is 37.9 Å². The van der Waals surface area contributed by atoms with Crippen molar-refractivity contribution in [1.29, 1.82) is 0 Å². The van der Waals surface area contributed by atoms with Gasteiger partial charge >= 0.3 is 0 Å². The fourth-order valence-electron chi connectivity index (χ4n) is 2.94. The summed E-state index contributed by atoms with van der Waals surface area (Å²) in [7, 11) is 2.02. The third kappa shape index (κ3) is 4.46. The molecular formula is C16H24F2N2O. The molecule has 2 rings (SSSR count). The Labute approximate surface area is 125 Å². The number of likely N-dealkylation sites (N-methyl/N-ethyl adjacent to an activating group) is 1. The van der Waals surface area contributed by atoms with Crippen LogP contribution in [0.4, 0.5) is 8.78 Å². The smallest absolute Gasteiger partial charge is 0.263 e. The fourth-order valence-corrected chi connectivity index (χ4v) is 2.94. The Hall–Kier alpha value is -1.04. The number of halogens is 2. The molecule has 118 valence electrons. The molecular weight excluding hydrogens is 274 g/mol. The second-order valence-electron chi connectivity index (χ2n) is 5.72. The normalized spacial score (nSPS) is 18.4. The number of benzene rings is 1. The number of hydrogen-bond donors (Lipinski definition) is 1. The average Bonchev–Trinajstić information content (AvgIpc) is 2.49. The van der Waals surface area contributed by atoms with Crippen molar-refractivity contribution in [2.24, 2.45) is 11.7 Å². The van der Waals surface area contributed by atoms with Crippen molar-refractivity contribution >= 4 is 0 Å². The molecule has 1 aromatic rings. The van der Waals surface area contributed by atoms with E-state index in [0.29, 0.717) is 12.5 Å². The maximum absolute atomic E-state index is 12.8. The van der Waals surface area contributed by atoms with Crippen LogP contribution in [0.5, 0.6) is 0 Å². The van der Waals surface area contributed by atoms with E-state index in [0.717, 1.165) is 38.2 Å². The van der Waals surface area contributed by atoms with Crippen LogP contribution in [0.15, 0.2) is 24.3 Å². The summed E-state index contributed by atoms with van der Waals surface area (Å²) in [6.07, 6.45) is -0.332. The van der Waals surface area contributed by atoms with Crippen LogP contribution in [0.1, 0.15) is 36.4 Å². The molecule has 0 aliphatic carbocycles. The van der Waals surface area contributed by atoms with E-state index < -0.39 is 6.43 Å². The molecule has 1 saturated heterocycles. The molecule has 0 bridgehead atoms. The predicted molar refractivity (Wildman–Crippen MR) is 79.4 cm³/mol. The van der Waals surface area contributed by atoms with Gasteiger partial charge in [-0.2, -0.15) is 0 Å². The van der Waals surface area contributed by atoms with Crippen molar-refractivity contribution in [3.63, 3.8) is 0 Å². The molecule has 1 atom stereocenters. The number of nitrogens with zero attached hydrogens (tertiary/aromatic N) is 1. The van der Waals surface area contributed by atoms with Crippen LogP contribution in [-0.2, 0) is 4.74 Å². The summed E-state index contributed by atoms with van der Waals surface area (Å²) in [5.41, 5.74) is 6.81. The van der Waals surface area contributed by atoms with E-state index in [-0.39, 0.29) is 11.6 Å². The quantitative estimate of drug-likeness (QED) is 0.877. The average molecular weight is 298 g/mol. The molecule has 0 radical (unpaired) electrons. The Morgan fingerprint density at radius 1 is 1.29 bits per heavy atom. The second kappa shape index (κ2) is 7.82. The Kier molecular flexibility index (Phi) is 6.08.